The number of halogens is 2. The fourth-order valence-corrected chi connectivity index (χ4v) is 2.17. The summed E-state index contributed by atoms with van der Waals surface area (Å²) in [6.07, 6.45) is 0.548. The van der Waals surface area contributed by atoms with Crippen molar-refractivity contribution in [1.82, 2.24) is 5.32 Å². The standard InChI is InChI=1S/C12H15BrClNO3/c1-18-5-4-9(7-16)15-12(17)10-3-2-8(13)6-11(10)14/h2-3,6,9,16H,4-5,7H2,1H3,(H,15,17). The van der Waals surface area contributed by atoms with Gasteiger partial charge in [0.2, 0.25) is 0 Å². The van der Waals surface area contributed by atoms with E-state index in [0.29, 0.717) is 23.6 Å². The Morgan fingerprint density at radius 1 is 1.61 bits per heavy atom. The molecule has 18 heavy (non-hydrogen) atoms. The number of ether oxygens (including phenoxy) is 1. The molecule has 1 rings (SSSR count). The first-order chi connectivity index (χ1) is 8.58. The fraction of sp³-hybridized carbons (Fsp3) is 0.417. The average Bonchev–Trinajstić information content (AvgIpc) is 2.34. The molecule has 2 N–H and O–H groups in total. The smallest absolute Gasteiger partial charge is 0.253 e. The third kappa shape index (κ3) is 4.57. The molecule has 1 aromatic carbocycles. The molecule has 0 aliphatic carbocycles. The number of rotatable bonds is 6. The number of aliphatic hydroxyl groups is 1. The third-order valence-electron chi connectivity index (χ3n) is 2.40. The van der Waals surface area contributed by atoms with Gasteiger partial charge < -0.3 is 15.2 Å². The van der Waals surface area contributed by atoms with Crippen LogP contribution < -0.4 is 5.32 Å². The van der Waals surface area contributed by atoms with Gasteiger partial charge in [-0.3, -0.25) is 4.79 Å². The highest BCUT2D eigenvalue weighted by Gasteiger charge is 2.15. The van der Waals surface area contributed by atoms with Crippen molar-refractivity contribution in [3.63, 3.8) is 0 Å². The van der Waals surface area contributed by atoms with Gasteiger partial charge >= 0.3 is 0 Å². The number of methoxy groups -OCH3 is 1. The number of carbonyl (C=O) groups is 1. The number of benzene rings is 1. The summed E-state index contributed by atoms with van der Waals surface area (Å²) in [6, 6.07) is 4.69. The van der Waals surface area contributed by atoms with Crippen LogP contribution in [-0.2, 0) is 4.74 Å². The van der Waals surface area contributed by atoms with Crippen molar-refractivity contribution >= 4 is 33.4 Å². The minimum absolute atomic E-state index is 0.136. The van der Waals surface area contributed by atoms with Gasteiger partial charge in [0.05, 0.1) is 23.2 Å². The Morgan fingerprint density at radius 3 is 2.89 bits per heavy atom. The van der Waals surface area contributed by atoms with E-state index in [0.717, 1.165) is 4.47 Å². The lowest BCUT2D eigenvalue weighted by Gasteiger charge is -2.16. The molecule has 0 fully saturated rings. The van der Waals surface area contributed by atoms with Gasteiger partial charge in [0, 0.05) is 18.2 Å². The monoisotopic (exact) mass is 335 g/mol. The molecular weight excluding hydrogens is 321 g/mol. The second-order valence-electron chi connectivity index (χ2n) is 3.76. The number of carbonyl (C=O) groups excluding carboxylic acids is 1. The normalized spacial score (nSPS) is 12.2. The van der Waals surface area contributed by atoms with Crippen molar-refractivity contribution in [2.24, 2.45) is 0 Å². The lowest BCUT2D eigenvalue weighted by Crippen LogP contribution is -2.38. The SMILES string of the molecule is COCCC(CO)NC(=O)c1ccc(Br)cc1Cl. The molecule has 0 heterocycles. The van der Waals surface area contributed by atoms with Crippen LogP contribution in [0.1, 0.15) is 16.8 Å². The molecule has 0 bridgehead atoms. The fourth-order valence-electron chi connectivity index (χ4n) is 1.41. The summed E-state index contributed by atoms with van der Waals surface area (Å²) in [5.74, 6) is -0.303. The summed E-state index contributed by atoms with van der Waals surface area (Å²) in [7, 11) is 1.57. The molecule has 1 unspecified atom stereocenters. The Balaban J connectivity index is 2.68. The molecule has 0 aliphatic rings. The van der Waals surface area contributed by atoms with Crippen molar-refractivity contribution in [2.75, 3.05) is 20.3 Å². The molecule has 1 aromatic rings. The van der Waals surface area contributed by atoms with Crippen LogP contribution in [0.3, 0.4) is 0 Å². The summed E-state index contributed by atoms with van der Waals surface area (Å²) >= 11 is 9.25. The van der Waals surface area contributed by atoms with Crippen molar-refractivity contribution in [2.45, 2.75) is 12.5 Å². The summed E-state index contributed by atoms with van der Waals surface area (Å²) < 4.78 is 5.71. The van der Waals surface area contributed by atoms with E-state index in [9.17, 15) is 4.79 Å². The lowest BCUT2D eigenvalue weighted by molar-refractivity contribution is 0.0895. The van der Waals surface area contributed by atoms with Gasteiger partial charge in [-0.1, -0.05) is 27.5 Å². The number of nitrogens with one attached hydrogen (secondary N) is 1. The van der Waals surface area contributed by atoms with Crippen LogP contribution in [0.4, 0.5) is 0 Å². The summed E-state index contributed by atoms with van der Waals surface area (Å²) in [5.41, 5.74) is 0.385. The second kappa shape index (κ2) is 7.74. The maximum absolute atomic E-state index is 11.9. The lowest BCUT2D eigenvalue weighted by atomic mass is 10.1. The van der Waals surface area contributed by atoms with E-state index in [-0.39, 0.29) is 18.6 Å². The van der Waals surface area contributed by atoms with Crippen LogP contribution >= 0.6 is 27.5 Å². The molecule has 100 valence electrons. The summed E-state index contributed by atoms with van der Waals surface area (Å²) in [6.45, 7) is 0.336. The van der Waals surface area contributed by atoms with Gasteiger partial charge in [-0.05, 0) is 24.6 Å². The molecule has 0 aromatic heterocycles. The predicted molar refractivity (Wildman–Crippen MR) is 74.0 cm³/mol. The zero-order valence-corrected chi connectivity index (χ0v) is 12.3. The number of hydrogen-bond acceptors (Lipinski definition) is 3. The van der Waals surface area contributed by atoms with Gasteiger partial charge in [-0.2, -0.15) is 0 Å². The van der Waals surface area contributed by atoms with Crippen LogP contribution in [0, 0.1) is 0 Å². The van der Waals surface area contributed by atoms with E-state index in [2.05, 4.69) is 21.2 Å². The van der Waals surface area contributed by atoms with E-state index in [1.54, 1.807) is 25.3 Å². The summed E-state index contributed by atoms with van der Waals surface area (Å²) in [5, 5.41) is 12.2. The number of aliphatic hydroxyl groups excluding tert-OH is 1. The van der Waals surface area contributed by atoms with Crippen molar-refractivity contribution in [1.29, 1.82) is 0 Å². The van der Waals surface area contributed by atoms with Crippen LogP contribution in [-0.4, -0.2) is 37.4 Å². The van der Waals surface area contributed by atoms with E-state index >= 15 is 0 Å². The molecule has 0 saturated heterocycles. The minimum Gasteiger partial charge on any atom is -0.394 e. The average molecular weight is 337 g/mol. The number of hydrogen-bond donors (Lipinski definition) is 2. The van der Waals surface area contributed by atoms with Crippen LogP contribution in [0.5, 0.6) is 0 Å². The van der Waals surface area contributed by atoms with Gasteiger partial charge in [0.25, 0.3) is 5.91 Å². The topological polar surface area (TPSA) is 58.6 Å². The molecule has 0 saturated carbocycles. The highest BCUT2D eigenvalue weighted by atomic mass is 79.9. The summed E-state index contributed by atoms with van der Waals surface area (Å²) in [4.78, 5) is 11.9. The van der Waals surface area contributed by atoms with Gasteiger partial charge in [-0.15, -0.1) is 0 Å². The first-order valence-electron chi connectivity index (χ1n) is 5.44. The molecule has 0 radical (unpaired) electrons. The molecule has 4 nitrogen and oxygen atoms in total. The first kappa shape index (κ1) is 15.4. The van der Waals surface area contributed by atoms with E-state index < -0.39 is 0 Å². The van der Waals surface area contributed by atoms with Gasteiger partial charge in [0.15, 0.2) is 0 Å². The van der Waals surface area contributed by atoms with Crippen LogP contribution in [0.15, 0.2) is 22.7 Å². The maximum Gasteiger partial charge on any atom is 0.253 e. The van der Waals surface area contributed by atoms with E-state index in [4.69, 9.17) is 21.4 Å². The molecule has 1 atom stereocenters. The maximum atomic E-state index is 11.9. The Kier molecular flexibility index (Phi) is 6.63. The second-order valence-corrected chi connectivity index (χ2v) is 5.08. The van der Waals surface area contributed by atoms with Crippen molar-refractivity contribution in [3.05, 3.63) is 33.3 Å². The highest BCUT2D eigenvalue weighted by Crippen LogP contribution is 2.21. The molecule has 6 heteroatoms. The van der Waals surface area contributed by atoms with E-state index in [1.165, 1.54) is 0 Å². The zero-order chi connectivity index (χ0) is 13.5. The molecular formula is C12H15BrClNO3. The molecule has 0 spiro atoms. The van der Waals surface area contributed by atoms with E-state index in [1.807, 2.05) is 0 Å². The molecule has 0 aliphatic heterocycles. The van der Waals surface area contributed by atoms with Gasteiger partial charge in [-0.25, -0.2) is 0 Å². The Morgan fingerprint density at radius 2 is 2.33 bits per heavy atom. The van der Waals surface area contributed by atoms with Gasteiger partial charge in [0.1, 0.15) is 0 Å². The first-order valence-corrected chi connectivity index (χ1v) is 6.61. The van der Waals surface area contributed by atoms with Crippen molar-refractivity contribution < 1.29 is 14.6 Å². The number of amides is 1. The molecule has 1 amide bonds. The van der Waals surface area contributed by atoms with Crippen LogP contribution in [0.2, 0.25) is 5.02 Å². The Hall–Kier alpha value is -0.620. The van der Waals surface area contributed by atoms with Crippen molar-refractivity contribution in [3.8, 4) is 0 Å². The minimum atomic E-state index is -0.336. The van der Waals surface area contributed by atoms with Crippen LogP contribution in [0.25, 0.3) is 0 Å². The third-order valence-corrected chi connectivity index (χ3v) is 3.21. The quantitative estimate of drug-likeness (QED) is 0.837. The largest absolute Gasteiger partial charge is 0.394 e. The Labute approximate surface area is 119 Å². The zero-order valence-electron chi connectivity index (χ0n) is 9.95. The predicted octanol–water partition coefficient (Wildman–Crippen LogP) is 2.23. The Bertz CT molecular complexity index is 414. The highest BCUT2D eigenvalue weighted by molar-refractivity contribution is 9.10.